The Labute approximate surface area is 107 Å². The van der Waals surface area contributed by atoms with Crippen LogP contribution < -0.4 is 4.74 Å². The summed E-state index contributed by atoms with van der Waals surface area (Å²) in [5.74, 6) is 0.0317. The number of ketones is 1. The van der Waals surface area contributed by atoms with Crippen molar-refractivity contribution < 1.29 is 13.9 Å². The van der Waals surface area contributed by atoms with Gasteiger partial charge in [-0.1, -0.05) is 6.42 Å². The number of aryl methyl sites for hydroxylation is 1. The minimum Gasteiger partial charge on any atom is -0.490 e. The third-order valence-corrected chi connectivity index (χ3v) is 3.49. The minimum absolute atomic E-state index is 0.153. The molecule has 0 saturated heterocycles. The zero-order valence-electron chi connectivity index (χ0n) is 11.0. The molecule has 0 aromatic heterocycles. The lowest BCUT2D eigenvalue weighted by Crippen LogP contribution is -2.20. The SMILES string of the molecule is CC(=O)c1cc(F)c(C)cc1OC1CCCCC1. The maximum Gasteiger partial charge on any atom is 0.163 e. The van der Waals surface area contributed by atoms with Gasteiger partial charge in [0.05, 0.1) is 11.7 Å². The Kier molecular flexibility index (Phi) is 4.00. The van der Waals surface area contributed by atoms with E-state index < -0.39 is 0 Å². The molecule has 3 heteroatoms. The molecule has 1 saturated carbocycles. The monoisotopic (exact) mass is 250 g/mol. The molecule has 0 atom stereocenters. The van der Waals surface area contributed by atoms with E-state index in [1.807, 2.05) is 0 Å². The van der Waals surface area contributed by atoms with Gasteiger partial charge in [0.25, 0.3) is 0 Å². The Bertz CT molecular complexity index is 448. The maximum absolute atomic E-state index is 13.5. The Morgan fingerprint density at radius 3 is 2.56 bits per heavy atom. The average molecular weight is 250 g/mol. The van der Waals surface area contributed by atoms with Crippen LogP contribution in [0.4, 0.5) is 4.39 Å². The van der Waals surface area contributed by atoms with Crippen molar-refractivity contribution >= 4 is 5.78 Å². The highest BCUT2D eigenvalue weighted by Gasteiger charge is 2.19. The van der Waals surface area contributed by atoms with E-state index in [4.69, 9.17) is 4.74 Å². The summed E-state index contributed by atoms with van der Waals surface area (Å²) in [6, 6.07) is 2.93. The topological polar surface area (TPSA) is 26.3 Å². The largest absolute Gasteiger partial charge is 0.490 e. The second-order valence-electron chi connectivity index (χ2n) is 5.03. The van der Waals surface area contributed by atoms with E-state index in [9.17, 15) is 9.18 Å². The van der Waals surface area contributed by atoms with Gasteiger partial charge in [-0.3, -0.25) is 4.79 Å². The van der Waals surface area contributed by atoms with Crippen LogP contribution in [0.25, 0.3) is 0 Å². The molecule has 0 heterocycles. The normalized spacial score (nSPS) is 16.6. The maximum atomic E-state index is 13.5. The summed E-state index contributed by atoms with van der Waals surface area (Å²) >= 11 is 0. The molecule has 0 aliphatic heterocycles. The van der Waals surface area contributed by atoms with Gasteiger partial charge in [0.2, 0.25) is 0 Å². The van der Waals surface area contributed by atoms with E-state index in [2.05, 4.69) is 0 Å². The van der Waals surface area contributed by atoms with Crippen molar-refractivity contribution in [3.05, 3.63) is 29.1 Å². The first-order valence-electron chi connectivity index (χ1n) is 6.55. The fourth-order valence-corrected chi connectivity index (χ4v) is 2.39. The van der Waals surface area contributed by atoms with Gasteiger partial charge in [0.1, 0.15) is 11.6 Å². The van der Waals surface area contributed by atoms with E-state index >= 15 is 0 Å². The van der Waals surface area contributed by atoms with Crippen molar-refractivity contribution in [2.24, 2.45) is 0 Å². The number of benzene rings is 1. The molecule has 0 bridgehead atoms. The van der Waals surface area contributed by atoms with Crippen LogP contribution in [0, 0.1) is 12.7 Å². The Balaban J connectivity index is 2.24. The third kappa shape index (κ3) is 2.89. The van der Waals surface area contributed by atoms with Crippen LogP contribution in [-0.2, 0) is 0 Å². The van der Waals surface area contributed by atoms with Gasteiger partial charge in [-0.15, -0.1) is 0 Å². The van der Waals surface area contributed by atoms with Crippen LogP contribution in [0.2, 0.25) is 0 Å². The van der Waals surface area contributed by atoms with Crippen LogP contribution in [0.3, 0.4) is 0 Å². The van der Waals surface area contributed by atoms with Crippen molar-refractivity contribution in [3.63, 3.8) is 0 Å². The van der Waals surface area contributed by atoms with Crippen molar-refractivity contribution in [3.8, 4) is 5.75 Å². The lowest BCUT2D eigenvalue weighted by atomic mass is 9.97. The molecule has 0 spiro atoms. The standard InChI is InChI=1S/C15H19FO2/c1-10-8-15(13(11(2)17)9-14(10)16)18-12-6-4-3-5-7-12/h8-9,12H,3-7H2,1-2H3. The van der Waals surface area contributed by atoms with Gasteiger partial charge >= 0.3 is 0 Å². The van der Waals surface area contributed by atoms with Crippen LogP contribution in [-0.4, -0.2) is 11.9 Å². The molecule has 1 aromatic carbocycles. The van der Waals surface area contributed by atoms with Crippen molar-refractivity contribution in [2.75, 3.05) is 0 Å². The fraction of sp³-hybridized carbons (Fsp3) is 0.533. The van der Waals surface area contributed by atoms with Crippen LogP contribution in [0.15, 0.2) is 12.1 Å². The summed E-state index contributed by atoms with van der Waals surface area (Å²) in [4.78, 5) is 11.5. The van der Waals surface area contributed by atoms with Gasteiger partial charge in [0.15, 0.2) is 5.78 Å². The number of hydrogen-bond donors (Lipinski definition) is 0. The number of rotatable bonds is 3. The van der Waals surface area contributed by atoms with Gasteiger partial charge in [-0.25, -0.2) is 4.39 Å². The highest BCUT2D eigenvalue weighted by molar-refractivity contribution is 5.96. The number of Topliss-reactive ketones (excluding diaryl/α,β-unsaturated/α-hetero) is 1. The Morgan fingerprint density at radius 2 is 1.94 bits per heavy atom. The van der Waals surface area contributed by atoms with E-state index in [0.29, 0.717) is 16.9 Å². The fourth-order valence-electron chi connectivity index (χ4n) is 2.39. The summed E-state index contributed by atoms with van der Waals surface area (Å²) in [7, 11) is 0. The summed E-state index contributed by atoms with van der Waals surface area (Å²) in [6.45, 7) is 3.13. The molecule has 0 amide bonds. The van der Waals surface area contributed by atoms with Gasteiger partial charge < -0.3 is 4.74 Å². The molecule has 1 aliphatic rings. The number of carbonyl (C=O) groups is 1. The van der Waals surface area contributed by atoms with Gasteiger partial charge in [0, 0.05) is 0 Å². The molecule has 1 fully saturated rings. The molecule has 2 nitrogen and oxygen atoms in total. The molecule has 1 aliphatic carbocycles. The smallest absolute Gasteiger partial charge is 0.163 e. The molecule has 1 aromatic rings. The average Bonchev–Trinajstić information content (AvgIpc) is 2.34. The second-order valence-corrected chi connectivity index (χ2v) is 5.03. The summed E-state index contributed by atoms with van der Waals surface area (Å²) in [5.41, 5.74) is 0.870. The predicted octanol–water partition coefficient (Wildman–Crippen LogP) is 4.05. The molecule has 0 N–H and O–H groups in total. The summed E-state index contributed by atoms with van der Waals surface area (Å²) in [5, 5.41) is 0. The minimum atomic E-state index is -0.351. The Morgan fingerprint density at radius 1 is 1.28 bits per heavy atom. The van der Waals surface area contributed by atoms with Gasteiger partial charge in [-0.05, 0) is 57.2 Å². The number of ether oxygens (including phenoxy) is 1. The van der Waals surface area contributed by atoms with Crippen molar-refractivity contribution in [1.29, 1.82) is 0 Å². The van der Waals surface area contributed by atoms with Crippen LogP contribution >= 0.6 is 0 Å². The number of halogens is 1. The first-order valence-corrected chi connectivity index (χ1v) is 6.55. The third-order valence-electron chi connectivity index (χ3n) is 3.49. The highest BCUT2D eigenvalue weighted by Crippen LogP contribution is 2.28. The van der Waals surface area contributed by atoms with E-state index in [0.717, 1.165) is 12.8 Å². The lowest BCUT2D eigenvalue weighted by Gasteiger charge is -2.24. The second kappa shape index (κ2) is 5.51. The summed E-state index contributed by atoms with van der Waals surface area (Å²) in [6.07, 6.45) is 5.80. The molecule has 0 unspecified atom stereocenters. The summed E-state index contributed by atoms with van der Waals surface area (Å²) < 4.78 is 19.4. The van der Waals surface area contributed by atoms with E-state index in [-0.39, 0.29) is 17.7 Å². The molecule has 98 valence electrons. The number of carbonyl (C=O) groups excluding carboxylic acids is 1. The lowest BCUT2D eigenvalue weighted by molar-refractivity contribution is 0.100. The molecule has 0 radical (unpaired) electrons. The molecule has 18 heavy (non-hydrogen) atoms. The van der Waals surface area contributed by atoms with E-state index in [1.54, 1.807) is 13.0 Å². The zero-order valence-corrected chi connectivity index (χ0v) is 11.0. The first-order chi connectivity index (χ1) is 8.58. The zero-order chi connectivity index (χ0) is 13.1. The van der Waals surface area contributed by atoms with Crippen molar-refractivity contribution in [2.45, 2.75) is 52.1 Å². The quantitative estimate of drug-likeness (QED) is 0.756. The van der Waals surface area contributed by atoms with Crippen molar-refractivity contribution in [1.82, 2.24) is 0 Å². The molecular weight excluding hydrogens is 231 g/mol. The highest BCUT2D eigenvalue weighted by atomic mass is 19.1. The molecular formula is C15H19FO2. The van der Waals surface area contributed by atoms with Crippen LogP contribution in [0.1, 0.15) is 54.9 Å². The van der Waals surface area contributed by atoms with Crippen LogP contribution in [0.5, 0.6) is 5.75 Å². The first kappa shape index (κ1) is 13.1. The number of hydrogen-bond acceptors (Lipinski definition) is 2. The van der Waals surface area contributed by atoms with Gasteiger partial charge in [-0.2, -0.15) is 0 Å². The Hall–Kier alpha value is -1.38. The van der Waals surface area contributed by atoms with E-state index in [1.165, 1.54) is 32.3 Å². The predicted molar refractivity (Wildman–Crippen MR) is 68.6 cm³/mol. The molecule has 2 rings (SSSR count).